The number of carboxylic acid groups (broad SMARTS) is 1. The summed E-state index contributed by atoms with van der Waals surface area (Å²) in [6.45, 7) is 0.287. The van der Waals surface area contributed by atoms with Crippen molar-refractivity contribution in [2.24, 2.45) is 11.8 Å². The fourth-order valence-corrected chi connectivity index (χ4v) is 10.6. The molecule has 0 spiro atoms. The number of likely N-dealkylation sites (tertiary alicyclic amines) is 1. The van der Waals surface area contributed by atoms with Gasteiger partial charge in [-0.1, -0.05) is 47.5 Å². The summed E-state index contributed by atoms with van der Waals surface area (Å²) < 4.78 is 41.8. The maximum absolute atomic E-state index is 14.6. The number of hydrogen-bond donors (Lipinski definition) is 1. The number of aliphatic carboxylic acids is 1. The van der Waals surface area contributed by atoms with E-state index in [1.54, 1.807) is 11.0 Å². The summed E-state index contributed by atoms with van der Waals surface area (Å²) in [6, 6.07) is 15.7. The van der Waals surface area contributed by atoms with Crippen LogP contribution in [0.2, 0.25) is 10.0 Å². The number of carbonyl (C=O) groups excluding carboxylic acids is 1. The van der Waals surface area contributed by atoms with E-state index in [0.29, 0.717) is 67.0 Å². The van der Waals surface area contributed by atoms with Gasteiger partial charge in [-0.25, -0.2) is 12.8 Å². The lowest BCUT2D eigenvalue weighted by atomic mass is 9.77. The van der Waals surface area contributed by atoms with Gasteiger partial charge in [-0.05, 0) is 116 Å². The van der Waals surface area contributed by atoms with Crippen molar-refractivity contribution >= 4 is 44.9 Å². The van der Waals surface area contributed by atoms with Gasteiger partial charge in [0.05, 0.1) is 16.9 Å². The van der Waals surface area contributed by atoms with Crippen LogP contribution in [-0.4, -0.2) is 42.9 Å². The molecule has 1 aliphatic heterocycles. The number of sulfone groups is 1. The molecular weight excluding hydrogens is 624 g/mol. The number of halogens is 3. The van der Waals surface area contributed by atoms with Gasteiger partial charge in [0.1, 0.15) is 10.6 Å². The average Bonchev–Trinajstić information content (AvgIpc) is 3.42. The average molecular weight is 659 g/mol. The Hall–Kier alpha value is -2.94. The van der Waals surface area contributed by atoms with E-state index in [1.807, 2.05) is 24.3 Å². The first-order chi connectivity index (χ1) is 21.0. The van der Waals surface area contributed by atoms with E-state index in [2.05, 4.69) is 6.07 Å². The number of aryl methyl sites for hydroxylation is 2. The Labute approximate surface area is 267 Å². The van der Waals surface area contributed by atoms with Crippen LogP contribution in [0.3, 0.4) is 0 Å². The molecule has 1 saturated heterocycles. The fraction of sp³-hybridized carbons (Fsp3) is 0.412. The van der Waals surface area contributed by atoms with E-state index in [-0.39, 0.29) is 29.7 Å². The van der Waals surface area contributed by atoms with E-state index >= 15 is 0 Å². The first-order valence-electron chi connectivity index (χ1n) is 15.1. The van der Waals surface area contributed by atoms with Crippen LogP contribution in [-0.2, 0) is 43.4 Å². The molecule has 6 rings (SSSR count). The van der Waals surface area contributed by atoms with Crippen LogP contribution in [0.5, 0.6) is 0 Å². The molecule has 6 nitrogen and oxygen atoms in total. The first-order valence-corrected chi connectivity index (χ1v) is 17.4. The molecule has 3 aromatic carbocycles. The number of fused-ring (bicyclic) bond motifs is 3. The minimum atomic E-state index is -4.06. The molecule has 1 heterocycles. The van der Waals surface area contributed by atoms with E-state index in [0.717, 1.165) is 28.8 Å². The second-order valence-corrected chi connectivity index (χ2v) is 15.3. The van der Waals surface area contributed by atoms with Crippen molar-refractivity contribution in [3.05, 3.63) is 98.8 Å². The summed E-state index contributed by atoms with van der Waals surface area (Å²) in [5.74, 6) is -2.22. The lowest BCUT2D eigenvalue weighted by Crippen LogP contribution is -2.53. The van der Waals surface area contributed by atoms with Crippen molar-refractivity contribution in [1.29, 1.82) is 0 Å². The summed E-state index contributed by atoms with van der Waals surface area (Å²) in [4.78, 5) is 27.2. The number of rotatable bonds is 7. The Morgan fingerprint density at radius 2 is 1.57 bits per heavy atom. The zero-order valence-corrected chi connectivity index (χ0v) is 26.5. The lowest BCUT2D eigenvalue weighted by molar-refractivity contribution is -0.146. The highest BCUT2D eigenvalue weighted by Crippen LogP contribution is 2.53. The zero-order valence-electron chi connectivity index (χ0n) is 24.1. The monoisotopic (exact) mass is 657 g/mol. The standard InChI is InChI=1S/C34H34Cl2FNO5S/c35-29-2-1-3-30(36)27(29)15-4-21-5-16-28-24(20-21)10-17-31-34(28,44(42,43)26-13-11-25(37)12-14-26)18-19-38(31)32(39)22-6-8-23(9-7-22)33(40)41/h1-3,5,11-14,16,20,22-23,31H,4,6-10,15,17-19H2,(H,40,41)/t22?,23?,31-,34-/m1/s1. The number of hydrogen-bond acceptors (Lipinski definition) is 4. The summed E-state index contributed by atoms with van der Waals surface area (Å²) in [6.07, 6.45) is 4.45. The highest BCUT2D eigenvalue weighted by atomic mass is 35.5. The van der Waals surface area contributed by atoms with Crippen LogP contribution in [0.1, 0.15) is 60.8 Å². The number of benzene rings is 3. The maximum Gasteiger partial charge on any atom is 0.306 e. The van der Waals surface area contributed by atoms with Crippen molar-refractivity contribution < 1.29 is 27.5 Å². The molecule has 2 atom stereocenters. The minimum Gasteiger partial charge on any atom is -0.481 e. The number of nitrogens with zero attached hydrogens (tertiary/aromatic N) is 1. The largest absolute Gasteiger partial charge is 0.481 e. The zero-order chi connectivity index (χ0) is 31.2. The topological polar surface area (TPSA) is 91.8 Å². The van der Waals surface area contributed by atoms with E-state index in [9.17, 15) is 27.5 Å². The smallest absolute Gasteiger partial charge is 0.306 e. The Kier molecular flexibility index (Phi) is 8.54. The van der Waals surface area contributed by atoms with Gasteiger partial charge < -0.3 is 10.0 Å². The van der Waals surface area contributed by atoms with Crippen LogP contribution in [0.4, 0.5) is 4.39 Å². The molecule has 0 unspecified atom stereocenters. The van der Waals surface area contributed by atoms with Crippen LogP contribution in [0.25, 0.3) is 0 Å². The summed E-state index contributed by atoms with van der Waals surface area (Å²) >= 11 is 12.8. The molecule has 232 valence electrons. The highest BCUT2D eigenvalue weighted by molar-refractivity contribution is 7.92. The highest BCUT2D eigenvalue weighted by Gasteiger charge is 2.61. The van der Waals surface area contributed by atoms with Gasteiger partial charge >= 0.3 is 5.97 Å². The third-order valence-electron chi connectivity index (χ3n) is 9.99. The number of amides is 1. The molecule has 1 amide bonds. The second kappa shape index (κ2) is 12.1. The maximum atomic E-state index is 14.6. The quantitative estimate of drug-likeness (QED) is 0.276. The number of carbonyl (C=O) groups is 2. The van der Waals surface area contributed by atoms with Gasteiger partial charge in [-0.15, -0.1) is 0 Å². The van der Waals surface area contributed by atoms with Crippen LogP contribution < -0.4 is 0 Å². The van der Waals surface area contributed by atoms with Gasteiger partial charge in [0.15, 0.2) is 9.84 Å². The molecule has 3 aliphatic rings. The molecule has 2 aliphatic carbocycles. The van der Waals surface area contributed by atoms with Crippen LogP contribution >= 0.6 is 23.2 Å². The third kappa shape index (κ3) is 5.33. The second-order valence-electron chi connectivity index (χ2n) is 12.3. The fourth-order valence-electron chi connectivity index (χ4n) is 7.69. The molecule has 0 radical (unpaired) electrons. The minimum absolute atomic E-state index is 0.0328. The molecular formula is C34H34Cl2FNO5S. The third-order valence-corrected chi connectivity index (χ3v) is 13.2. The Bertz CT molecular complexity index is 1680. The molecule has 1 N–H and O–H groups in total. The van der Waals surface area contributed by atoms with Crippen LogP contribution in [0, 0.1) is 17.7 Å². The normalized spacial score (nSPS) is 24.9. The van der Waals surface area contributed by atoms with E-state index in [4.69, 9.17) is 23.2 Å². The van der Waals surface area contributed by atoms with E-state index < -0.39 is 38.3 Å². The van der Waals surface area contributed by atoms with Gasteiger partial charge in [0.25, 0.3) is 0 Å². The first kappa shape index (κ1) is 31.1. The molecule has 2 fully saturated rings. The predicted octanol–water partition coefficient (Wildman–Crippen LogP) is 7.03. The molecule has 10 heteroatoms. The molecule has 3 aromatic rings. The Balaban J connectivity index is 1.35. The van der Waals surface area contributed by atoms with E-state index in [1.165, 1.54) is 12.1 Å². The van der Waals surface area contributed by atoms with Crippen molar-refractivity contribution in [2.75, 3.05) is 6.54 Å². The summed E-state index contributed by atoms with van der Waals surface area (Å²) in [5.41, 5.74) is 3.54. The summed E-state index contributed by atoms with van der Waals surface area (Å²) in [5, 5.41) is 10.6. The van der Waals surface area contributed by atoms with Gasteiger partial charge in [-0.2, -0.15) is 0 Å². The lowest BCUT2D eigenvalue weighted by Gasteiger charge is -2.43. The number of carboxylic acids is 1. The van der Waals surface area contributed by atoms with Gasteiger partial charge in [0, 0.05) is 22.5 Å². The molecule has 1 saturated carbocycles. The molecule has 44 heavy (non-hydrogen) atoms. The van der Waals surface area contributed by atoms with Crippen molar-refractivity contribution in [3.8, 4) is 0 Å². The SMILES string of the molecule is O=C(O)C1CCC(C(=O)N2CC[C@@]3(S(=O)(=O)c4ccc(F)cc4)c4ccc(CCc5c(Cl)cccc5Cl)cc4CC[C@@H]23)CC1. The molecule has 0 bridgehead atoms. The molecule has 0 aromatic heterocycles. The van der Waals surface area contributed by atoms with Gasteiger partial charge in [-0.3, -0.25) is 9.59 Å². The summed E-state index contributed by atoms with van der Waals surface area (Å²) in [7, 11) is -4.06. The van der Waals surface area contributed by atoms with Crippen molar-refractivity contribution in [1.82, 2.24) is 4.90 Å². The Morgan fingerprint density at radius 1 is 0.909 bits per heavy atom. The Morgan fingerprint density at radius 3 is 2.23 bits per heavy atom. The van der Waals surface area contributed by atoms with Crippen LogP contribution in [0.15, 0.2) is 65.6 Å². The van der Waals surface area contributed by atoms with Gasteiger partial charge in [0.2, 0.25) is 5.91 Å². The predicted molar refractivity (Wildman–Crippen MR) is 167 cm³/mol. The van der Waals surface area contributed by atoms with Crippen molar-refractivity contribution in [3.63, 3.8) is 0 Å². The van der Waals surface area contributed by atoms with Crippen molar-refractivity contribution in [2.45, 2.75) is 73.5 Å².